The molecule has 1 atom stereocenters. The Bertz CT molecular complexity index is 523. The lowest BCUT2D eigenvalue weighted by Crippen LogP contribution is -2.09. The van der Waals surface area contributed by atoms with Crippen molar-refractivity contribution in [3.8, 4) is 0 Å². The van der Waals surface area contributed by atoms with Gasteiger partial charge in [-0.2, -0.15) is 5.10 Å². The van der Waals surface area contributed by atoms with E-state index >= 15 is 0 Å². The smallest absolute Gasteiger partial charge is 0.137 e. The maximum atomic E-state index is 6.24. The van der Waals surface area contributed by atoms with Gasteiger partial charge in [-0.1, -0.05) is 35.3 Å². The highest BCUT2D eigenvalue weighted by atomic mass is 35.5. The average molecular weight is 282 g/mol. The minimum atomic E-state index is 0.217. The van der Waals surface area contributed by atoms with Crippen LogP contribution in [0.5, 0.6) is 0 Å². The van der Waals surface area contributed by atoms with Crippen molar-refractivity contribution >= 4 is 23.2 Å². The molecule has 18 heavy (non-hydrogen) atoms. The standard InChI is InChI=1S/C13H13Cl2N3/c1-2-3-10(7-18-9-16-8-17-18)12-5-4-11(14)6-13(12)15/h2,4-6,8-10H,1,3,7H2. The third kappa shape index (κ3) is 3.12. The van der Waals surface area contributed by atoms with Crippen LogP contribution in [0.1, 0.15) is 17.9 Å². The molecule has 1 heterocycles. The van der Waals surface area contributed by atoms with Crippen LogP contribution < -0.4 is 0 Å². The molecule has 0 aliphatic heterocycles. The fraction of sp³-hybridized carbons (Fsp3) is 0.231. The summed E-state index contributed by atoms with van der Waals surface area (Å²) >= 11 is 12.1. The number of benzene rings is 1. The van der Waals surface area contributed by atoms with E-state index in [0.717, 1.165) is 12.0 Å². The molecule has 5 heteroatoms. The Labute approximate surface area is 116 Å². The normalized spacial score (nSPS) is 12.3. The lowest BCUT2D eigenvalue weighted by atomic mass is 9.95. The molecular weight excluding hydrogens is 269 g/mol. The van der Waals surface area contributed by atoms with E-state index in [1.54, 1.807) is 17.1 Å². The molecule has 0 aliphatic carbocycles. The van der Waals surface area contributed by atoms with Gasteiger partial charge in [0, 0.05) is 22.5 Å². The SMILES string of the molecule is C=CCC(Cn1cncn1)c1ccc(Cl)cc1Cl. The van der Waals surface area contributed by atoms with Crippen LogP contribution >= 0.6 is 23.2 Å². The Hall–Kier alpha value is -1.32. The second-order valence-corrected chi connectivity index (χ2v) is 4.85. The van der Waals surface area contributed by atoms with Gasteiger partial charge in [0.25, 0.3) is 0 Å². The van der Waals surface area contributed by atoms with E-state index in [-0.39, 0.29) is 5.92 Å². The van der Waals surface area contributed by atoms with Crippen LogP contribution in [0.4, 0.5) is 0 Å². The van der Waals surface area contributed by atoms with E-state index in [1.165, 1.54) is 6.33 Å². The Morgan fingerprint density at radius 2 is 2.22 bits per heavy atom. The van der Waals surface area contributed by atoms with E-state index in [4.69, 9.17) is 23.2 Å². The van der Waals surface area contributed by atoms with Crippen LogP contribution in [0, 0.1) is 0 Å². The zero-order chi connectivity index (χ0) is 13.0. The molecule has 0 saturated heterocycles. The number of nitrogens with zero attached hydrogens (tertiary/aromatic N) is 3. The molecule has 1 aromatic heterocycles. The molecule has 0 saturated carbocycles. The van der Waals surface area contributed by atoms with Crippen LogP contribution in [0.3, 0.4) is 0 Å². The van der Waals surface area contributed by atoms with Crippen molar-refractivity contribution in [1.29, 1.82) is 0 Å². The van der Waals surface area contributed by atoms with Crippen LogP contribution in [-0.4, -0.2) is 14.8 Å². The van der Waals surface area contributed by atoms with Gasteiger partial charge in [-0.25, -0.2) is 4.98 Å². The van der Waals surface area contributed by atoms with Gasteiger partial charge in [-0.15, -0.1) is 6.58 Å². The summed E-state index contributed by atoms with van der Waals surface area (Å²) in [5, 5.41) is 5.43. The van der Waals surface area contributed by atoms with Gasteiger partial charge < -0.3 is 0 Å². The van der Waals surface area contributed by atoms with Crippen molar-refractivity contribution in [3.63, 3.8) is 0 Å². The van der Waals surface area contributed by atoms with Gasteiger partial charge >= 0.3 is 0 Å². The van der Waals surface area contributed by atoms with Crippen molar-refractivity contribution in [1.82, 2.24) is 14.8 Å². The summed E-state index contributed by atoms with van der Waals surface area (Å²) in [4.78, 5) is 3.94. The van der Waals surface area contributed by atoms with E-state index in [1.807, 2.05) is 18.2 Å². The van der Waals surface area contributed by atoms with Crippen molar-refractivity contribution in [2.24, 2.45) is 0 Å². The van der Waals surface area contributed by atoms with Gasteiger partial charge in [0.2, 0.25) is 0 Å². The quantitative estimate of drug-likeness (QED) is 0.777. The molecule has 3 nitrogen and oxygen atoms in total. The Morgan fingerprint density at radius 1 is 1.39 bits per heavy atom. The molecule has 0 aliphatic rings. The van der Waals surface area contributed by atoms with Crippen molar-refractivity contribution in [2.75, 3.05) is 0 Å². The zero-order valence-electron chi connectivity index (χ0n) is 9.76. The summed E-state index contributed by atoms with van der Waals surface area (Å²) < 4.78 is 1.79. The van der Waals surface area contributed by atoms with Crippen molar-refractivity contribution < 1.29 is 0 Å². The van der Waals surface area contributed by atoms with Gasteiger partial charge in [0.05, 0.1) is 0 Å². The van der Waals surface area contributed by atoms with Gasteiger partial charge in [0.15, 0.2) is 0 Å². The van der Waals surface area contributed by atoms with Crippen molar-refractivity contribution in [2.45, 2.75) is 18.9 Å². The van der Waals surface area contributed by atoms with Gasteiger partial charge in [-0.05, 0) is 24.1 Å². The zero-order valence-corrected chi connectivity index (χ0v) is 11.3. The molecule has 1 aromatic carbocycles. The highest BCUT2D eigenvalue weighted by Crippen LogP contribution is 2.30. The summed E-state index contributed by atoms with van der Waals surface area (Å²) in [6.45, 7) is 4.50. The maximum absolute atomic E-state index is 6.24. The first kappa shape index (κ1) is 13.1. The summed E-state index contributed by atoms with van der Waals surface area (Å²) in [5.41, 5.74) is 1.05. The highest BCUT2D eigenvalue weighted by molar-refractivity contribution is 6.35. The van der Waals surface area contributed by atoms with Crippen LogP contribution in [0.25, 0.3) is 0 Å². The Balaban J connectivity index is 2.26. The number of hydrogen-bond acceptors (Lipinski definition) is 2. The first-order chi connectivity index (χ1) is 8.70. The molecule has 94 valence electrons. The lowest BCUT2D eigenvalue weighted by molar-refractivity contribution is 0.517. The van der Waals surface area contributed by atoms with E-state index in [0.29, 0.717) is 16.6 Å². The summed E-state index contributed by atoms with van der Waals surface area (Å²) in [5.74, 6) is 0.217. The fourth-order valence-electron chi connectivity index (χ4n) is 1.89. The second-order valence-electron chi connectivity index (χ2n) is 4.00. The van der Waals surface area contributed by atoms with E-state index < -0.39 is 0 Å². The number of halogens is 2. The first-order valence-electron chi connectivity index (χ1n) is 5.59. The molecule has 0 radical (unpaired) electrons. The molecule has 0 amide bonds. The first-order valence-corrected chi connectivity index (χ1v) is 6.34. The predicted octanol–water partition coefficient (Wildman–Crippen LogP) is 3.94. The third-order valence-corrected chi connectivity index (χ3v) is 3.29. The Morgan fingerprint density at radius 3 is 2.83 bits per heavy atom. The molecule has 2 aromatic rings. The third-order valence-electron chi connectivity index (χ3n) is 2.73. The number of aromatic nitrogens is 3. The Kier molecular flexibility index (Phi) is 4.39. The molecule has 0 bridgehead atoms. The van der Waals surface area contributed by atoms with Crippen LogP contribution in [-0.2, 0) is 6.54 Å². The largest absolute Gasteiger partial charge is 0.252 e. The van der Waals surface area contributed by atoms with Gasteiger partial charge in [0.1, 0.15) is 12.7 Å². The lowest BCUT2D eigenvalue weighted by Gasteiger charge is -2.17. The molecule has 1 unspecified atom stereocenters. The van der Waals surface area contributed by atoms with E-state index in [9.17, 15) is 0 Å². The van der Waals surface area contributed by atoms with Crippen molar-refractivity contribution in [3.05, 3.63) is 59.1 Å². The highest BCUT2D eigenvalue weighted by Gasteiger charge is 2.15. The number of allylic oxidation sites excluding steroid dienone is 1. The number of hydrogen-bond donors (Lipinski definition) is 0. The molecule has 2 rings (SSSR count). The summed E-state index contributed by atoms with van der Waals surface area (Å²) in [7, 11) is 0. The van der Waals surface area contributed by atoms with E-state index in [2.05, 4.69) is 16.7 Å². The molecule has 0 fully saturated rings. The minimum absolute atomic E-state index is 0.217. The number of rotatable bonds is 5. The predicted molar refractivity (Wildman–Crippen MR) is 74.0 cm³/mol. The van der Waals surface area contributed by atoms with Crippen LogP contribution in [0.2, 0.25) is 10.0 Å². The fourth-order valence-corrected chi connectivity index (χ4v) is 2.45. The molecule has 0 spiro atoms. The molecule has 0 N–H and O–H groups in total. The maximum Gasteiger partial charge on any atom is 0.137 e. The minimum Gasteiger partial charge on any atom is -0.252 e. The summed E-state index contributed by atoms with van der Waals surface area (Å²) in [6.07, 6.45) is 5.92. The monoisotopic (exact) mass is 281 g/mol. The molecular formula is C13H13Cl2N3. The topological polar surface area (TPSA) is 30.7 Å². The summed E-state index contributed by atoms with van der Waals surface area (Å²) in [6, 6.07) is 5.56. The van der Waals surface area contributed by atoms with Gasteiger partial charge in [-0.3, -0.25) is 4.68 Å². The second kappa shape index (κ2) is 6.03. The average Bonchev–Trinajstić information content (AvgIpc) is 2.81. The van der Waals surface area contributed by atoms with Crippen LogP contribution in [0.15, 0.2) is 43.5 Å².